The first-order chi connectivity index (χ1) is 12.9. The number of rotatable bonds is 8. The first kappa shape index (κ1) is 20.1. The third-order valence-electron chi connectivity index (χ3n) is 5.93. The van der Waals surface area contributed by atoms with Crippen LogP contribution in [0.15, 0.2) is 23.1 Å². The standard InChI is InChI=1S/C20H30N2O4S/c1-4-22(5-2)27(24,25)16-9-10-19(26-6-3)18(13-16)21-20(23)17-12-14-7-8-15(17)11-14/h9-10,13-15,17H,4-8,11-12H2,1-3H3,(H,21,23). The van der Waals surface area contributed by atoms with Gasteiger partial charge in [0.15, 0.2) is 0 Å². The zero-order chi connectivity index (χ0) is 19.6. The van der Waals surface area contributed by atoms with Gasteiger partial charge in [-0.2, -0.15) is 4.31 Å². The largest absolute Gasteiger partial charge is 0.492 e. The number of carbonyl (C=O) groups excluding carboxylic acids is 1. The van der Waals surface area contributed by atoms with Crippen LogP contribution in [0.25, 0.3) is 0 Å². The first-order valence-corrected chi connectivity index (χ1v) is 11.4. The molecule has 0 heterocycles. The molecule has 1 N–H and O–H groups in total. The minimum absolute atomic E-state index is 0.0134. The molecule has 3 atom stereocenters. The molecule has 1 aromatic rings. The predicted octanol–water partition coefficient (Wildman–Crippen LogP) is 3.49. The Morgan fingerprint density at radius 2 is 1.93 bits per heavy atom. The van der Waals surface area contributed by atoms with E-state index >= 15 is 0 Å². The molecule has 150 valence electrons. The van der Waals surface area contributed by atoms with E-state index in [0.717, 1.165) is 19.3 Å². The zero-order valence-electron chi connectivity index (χ0n) is 16.4. The molecular weight excluding hydrogens is 364 g/mol. The Kier molecular flexibility index (Phi) is 6.11. The van der Waals surface area contributed by atoms with Crippen molar-refractivity contribution in [2.75, 3.05) is 25.0 Å². The number of hydrogen-bond donors (Lipinski definition) is 1. The van der Waals surface area contributed by atoms with Gasteiger partial charge in [0, 0.05) is 19.0 Å². The highest BCUT2D eigenvalue weighted by Gasteiger charge is 2.43. The molecule has 7 heteroatoms. The van der Waals surface area contributed by atoms with Crippen LogP contribution in [0.4, 0.5) is 5.69 Å². The molecule has 2 saturated carbocycles. The van der Waals surface area contributed by atoms with Crippen LogP contribution in [-0.4, -0.2) is 38.3 Å². The van der Waals surface area contributed by atoms with Crippen molar-refractivity contribution in [1.29, 1.82) is 0 Å². The summed E-state index contributed by atoms with van der Waals surface area (Å²) in [6.07, 6.45) is 4.44. The van der Waals surface area contributed by atoms with Crippen LogP contribution in [0, 0.1) is 17.8 Å². The second-order valence-electron chi connectivity index (χ2n) is 7.45. The molecule has 0 aliphatic heterocycles. The fourth-order valence-electron chi connectivity index (χ4n) is 4.55. The Morgan fingerprint density at radius 1 is 1.19 bits per heavy atom. The van der Waals surface area contributed by atoms with E-state index in [1.54, 1.807) is 12.1 Å². The summed E-state index contributed by atoms with van der Waals surface area (Å²) in [5, 5.41) is 2.96. The van der Waals surface area contributed by atoms with Crippen LogP contribution in [0.5, 0.6) is 5.75 Å². The topological polar surface area (TPSA) is 75.7 Å². The van der Waals surface area contributed by atoms with Gasteiger partial charge in [-0.3, -0.25) is 4.79 Å². The maximum absolute atomic E-state index is 12.8. The summed E-state index contributed by atoms with van der Waals surface area (Å²) in [7, 11) is -3.59. The maximum atomic E-state index is 12.8. The Bertz CT molecular complexity index is 789. The van der Waals surface area contributed by atoms with Crippen molar-refractivity contribution in [3.05, 3.63) is 18.2 Å². The number of hydrogen-bond acceptors (Lipinski definition) is 4. The van der Waals surface area contributed by atoms with Crippen LogP contribution in [0.3, 0.4) is 0 Å². The van der Waals surface area contributed by atoms with Crippen molar-refractivity contribution < 1.29 is 17.9 Å². The Hall–Kier alpha value is -1.60. The third kappa shape index (κ3) is 3.99. The summed E-state index contributed by atoms with van der Waals surface area (Å²) in [5.74, 6) is 1.66. The molecule has 2 bridgehead atoms. The lowest BCUT2D eigenvalue weighted by Crippen LogP contribution is -2.31. The molecule has 3 unspecified atom stereocenters. The molecule has 0 radical (unpaired) electrons. The van der Waals surface area contributed by atoms with Gasteiger partial charge in [-0.1, -0.05) is 20.3 Å². The van der Waals surface area contributed by atoms with Crippen molar-refractivity contribution >= 4 is 21.6 Å². The van der Waals surface area contributed by atoms with E-state index in [1.165, 1.54) is 16.8 Å². The average Bonchev–Trinajstić information content (AvgIpc) is 3.27. The second kappa shape index (κ2) is 8.19. The Morgan fingerprint density at radius 3 is 2.48 bits per heavy atom. The summed E-state index contributed by atoms with van der Waals surface area (Å²) in [5.41, 5.74) is 0.442. The van der Waals surface area contributed by atoms with Crippen molar-refractivity contribution in [2.24, 2.45) is 17.8 Å². The number of fused-ring (bicyclic) bond motifs is 2. The van der Waals surface area contributed by atoms with Gasteiger partial charge in [-0.25, -0.2) is 8.42 Å². The van der Waals surface area contributed by atoms with Crippen molar-refractivity contribution in [3.8, 4) is 5.75 Å². The monoisotopic (exact) mass is 394 g/mol. The minimum Gasteiger partial charge on any atom is -0.492 e. The number of benzene rings is 1. The van der Waals surface area contributed by atoms with Crippen LogP contribution >= 0.6 is 0 Å². The van der Waals surface area contributed by atoms with Crippen molar-refractivity contribution in [3.63, 3.8) is 0 Å². The summed E-state index contributed by atoms with van der Waals surface area (Å²) in [6, 6.07) is 4.71. The van der Waals surface area contributed by atoms with Crippen LogP contribution in [0.1, 0.15) is 46.5 Å². The fraction of sp³-hybridized carbons (Fsp3) is 0.650. The molecule has 6 nitrogen and oxygen atoms in total. The molecular formula is C20H30N2O4S. The highest BCUT2D eigenvalue weighted by Crippen LogP contribution is 2.48. The molecule has 1 amide bonds. The number of carbonyl (C=O) groups is 1. The Balaban J connectivity index is 1.87. The highest BCUT2D eigenvalue weighted by molar-refractivity contribution is 7.89. The first-order valence-electron chi connectivity index (χ1n) is 9.98. The van der Waals surface area contributed by atoms with Crippen molar-refractivity contribution in [2.45, 2.75) is 51.3 Å². The van der Waals surface area contributed by atoms with Crippen LogP contribution in [-0.2, 0) is 14.8 Å². The van der Waals surface area contributed by atoms with E-state index in [-0.39, 0.29) is 16.7 Å². The summed E-state index contributed by atoms with van der Waals surface area (Å²) >= 11 is 0. The molecule has 0 saturated heterocycles. The van der Waals surface area contributed by atoms with Gasteiger partial charge in [0.2, 0.25) is 15.9 Å². The lowest BCUT2D eigenvalue weighted by Gasteiger charge is -2.23. The Labute approximate surface area is 162 Å². The van der Waals surface area contributed by atoms with Gasteiger partial charge in [-0.15, -0.1) is 0 Å². The van der Waals surface area contributed by atoms with Crippen LogP contribution in [0.2, 0.25) is 0 Å². The molecule has 2 fully saturated rings. The SMILES string of the molecule is CCOc1ccc(S(=O)(=O)N(CC)CC)cc1NC(=O)C1CC2CCC1C2. The van der Waals surface area contributed by atoms with Crippen molar-refractivity contribution in [1.82, 2.24) is 4.31 Å². The van der Waals surface area contributed by atoms with Gasteiger partial charge in [-0.05, 0) is 56.2 Å². The number of sulfonamides is 1. The highest BCUT2D eigenvalue weighted by atomic mass is 32.2. The number of ether oxygens (including phenoxy) is 1. The minimum atomic E-state index is -3.59. The molecule has 1 aromatic carbocycles. The molecule has 0 spiro atoms. The number of anilines is 1. The van der Waals surface area contributed by atoms with E-state index in [1.807, 2.05) is 20.8 Å². The average molecular weight is 395 g/mol. The lowest BCUT2D eigenvalue weighted by molar-refractivity contribution is -0.121. The smallest absolute Gasteiger partial charge is 0.243 e. The molecule has 2 aliphatic rings. The zero-order valence-corrected chi connectivity index (χ0v) is 17.2. The summed E-state index contributed by atoms with van der Waals surface area (Å²) < 4.78 is 32.7. The molecule has 2 aliphatic carbocycles. The van der Waals surface area contributed by atoms with E-state index in [4.69, 9.17) is 4.74 Å². The lowest BCUT2D eigenvalue weighted by atomic mass is 9.88. The van der Waals surface area contributed by atoms with E-state index < -0.39 is 10.0 Å². The predicted molar refractivity (Wildman–Crippen MR) is 105 cm³/mol. The van der Waals surface area contributed by atoms with E-state index in [0.29, 0.717) is 43.0 Å². The molecule has 27 heavy (non-hydrogen) atoms. The van der Waals surface area contributed by atoms with E-state index in [9.17, 15) is 13.2 Å². The fourth-order valence-corrected chi connectivity index (χ4v) is 6.04. The summed E-state index contributed by atoms with van der Waals surface area (Å²) in [4.78, 5) is 13.0. The molecule has 3 rings (SSSR count). The molecule has 0 aromatic heterocycles. The van der Waals surface area contributed by atoms with Gasteiger partial charge in [0.05, 0.1) is 17.2 Å². The normalized spacial score (nSPS) is 24.4. The van der Waals surface area contributed by atoms with Gasteiger partial charge < -0.3 is 10.1 Å². The van der Waals surface area contributed by atoms with E-state index in [2.05, 4.69) is 5.32 Å². The number of amides is 1. The quantitative estimate of drug-likeness (QED) is 0.732. The third-order valence-corrected chi connectivity index (χ3v) is 7.97. The van der Waals surface area contributed by atoms with Gasteiger partial charge in [0.25, 0.3) is 0 Å². The number of nitrogens with zero attached hydrogens (tertiary/aromatic N) is 1. The maximum Gasteiger partial charge on any atom is 0.243 e. The second-order valence-corrected chi connectivity index (χ2v) is 9.39. The summed E-state index contributed by atoms with van der Waals surface area (Å²) in [6.45, 7) is 6.74. The van der Waals surface area contributed by atoms with Gasteiger partial charge >= 0.3 is 0 Å². The van der Waals surface area contributed by atoms with Crippen LogP contribution < -0.4 is 10.1 Å². The van der Waals surface area contributed by atoms with Gasteiger partial charge in [0.1, 0.15) is 5.75 Å². The number of nitrogens with one attached hydrogen (secondary N) is 1.